The van der Waals surface area contributed by atoms with E-state index in [-0.39, 0.29) is 5.56 Å². The zero-order valence-corrected chi connectivity index (χ0v) is 11.1. The Bertz CT molecular complexity index is 514. The Morgan fingerprint density at radius 3 is 2.94 bits per heavy atom. The van der Waals surface area contributed by atoms with Crippen LogP contribution in [0.15, 0.2) is 23.1 Å². The van der Waals surface area contributed by atoms with Gasteiger partial charge in [-0.3, -0.25) is 0 Å². The predicted molar refractivity (Wildman–Crippen MR) is 70.5 cm³/mol. The smallest absolute Gasteiger partial charge is 0.337 e. The van der Waals surface area contributed by atoms with Crippen molar-refractivity contribution >= 4 is 23.4 Å². The van der Waals surface area contributed by atoms with Gasteiger partial charge in [0.1, 0.15) is 5.82 Å². The third-order valence-electron chi connectivity index (χ3n) is 2.70. The molecule has 0 fully saturated rings. The lowest BCUT2D eigenvalue weighted by Gasteiger charge is -2.08. The van der Waals surface area contributed by atoms with E-state index in [0.29, 0.717) is 5.56 Å². The normalized spacial score (nSPS) is 14.6. The van der Waals surface area contributed by atoms with Gasteiger partial charge in [0.15, 0.2) is 0 Å². The van der Waals surface area contributed by atoms with Crippen molar-refractivity contribution in [2.75, 3.05) is 13.0 Å². The van der Waals surface area contributed by atoms with E-state index in [9.17, 15) is 9.18 Å². The van der Waals surface area contributed by atoms with Crippen LogP contribution in [-0.4, -0.2) is 19.0 Å². The number of hydrogen-bond donors (Lipinski definition) is 1. The molecule has 1 N–H and O–H groups in total. The molecule has 0 saturated heterocycles. The van der Waals surface area contributed by atoms with Crippen molar-refractivity contribution in [1.29, 1.82) is 0 Å². The monoisotopic (exact) mass is 267 g/mol. The van der Waals surface area contributed by atoms with Crippen LogP contribution in [-0.2, 0) is 4.74 Å². The summed E-state index contributed by atoms with van der Waals surface area (Å²) in [6.07, 6.45) is 0.886. The highest BCUT2D eigenvalue weighted by molar-refractivity contribution is 8.03. The Balaban J connectivity index is 2.45. The summed E-state index contributed by atoms with van der Waals surface area (Å²) in [7, 11) is 1.29. The number of carbonyl (C=O) groups excluding carboxylic acids is 1. The van der Waals surface area contributed by atoms with Gasteiger partial charge in [0.05, 0.1) is 24.2 Å². The highest BCUT2D eigenvalue weighted by Gasteiger charge is 2.17. The number of rotatable bonds is 3. The van der Waals surface area contributed by atoms with Gasteiger partial charge >= 0.3 is 5.97 Å². The molecule has 0 unspecified atom stereocenters. The van der Waals surface area contributed by atoms with Crippen LogP contribution < -0.4 is 5.32 Å². The molecular weight excluding hydrogens is 253 g/mol. The maximum absolute atomic E-state index is 13.5. The maximum atomic E-state index is 13.5. The van der Waals surface area contributed by atoms with Gasteiger partial charge in [0.2, 0.25) is 0 Å². The summed E-state index contributed by atoms with van der Waals surface area (Å²) in [5.74, 6) is -0.183. The predicted octanol–water partition coefficient (Wildman–Crippen LogP) is 2.98. The fourth-order valence-electron chi connectivity index (χ4n) is 1.88. The highest BCUT2D eigenvalue weighted by atomic mass is 32.2. The minimum Gasteiger partial charge on any atom is -0.465 e. The molecule has 5 heteroatoms. The van der Waals surface area contributed by atoms with E-state index in [1.807, 2.05) is 0 Å². The van der Waals surface area contributed by atoms with Gasteiger partial charge in [0, 0.05) is 10.5 Å². The lowest BCUT2D eigenvalue weighted by molar-refractivity contribution is 0.0600. The van der Waals surface area contributed by atoms with Crippen LogP contribution in [0.25, 0.3) is 5.70 Å². The maximum Gasteiger partial charge on any atom is 0.337 e. The average Bonchev–Trinajstić information content (AvgIpc) is 2.85. The molecule has 18 heavy (non-hydrogen) atoms. The average molecular weight is 267 g/mol. The molecule has 96 valence electrons. The van der Waals surface area contributed by atoms with Crippen molar-refractivity contribution in [3.8, 4) is 0 Å². The highest BCUT2D eigenvalue weighted by Crippen LogP contribution is 2.33. The zero-order chi connectivity index (χ0) is 13.1. The summed E-state index contributed by atoms with van der Waals surface area (Å²) in [5.41, 5.74) is 1.83. The number of benzene rings is 1. The number of hydrogen-bond acceptors (Lipinski definition) is 4. The van der Waals surface area contributed by atoms with Gasteiger partial charge < -0.3 is 10.1 Å². The van der Waals surface area contributed by atoms with Gasteiger partial charge in [0.25, 0.3) is 0 Å². The Labute approximate surface area is 109 Å². The molecule has 0 aromatic heterocycles. The molecule has 1 heterocycles. The molecule has 0 radical (unpaired) electrons. The van der Waals surface area contributed by atoms with Crippen LogP contribution in [0, 0.1) is 5.82 Å². The number of halogens is 1. The van der Waals surface area contributed by atoms with E-state index in [4.69, 9.17) is 0 Å². The molecular formula is C13H14FNO2S. The molecule has 2 rings (SSSR count). The topological polar surface area (TPSA) is 38.3 Å². The molecule has 1 aliphatic heterocycles. The molecule has 1 aromatic rings. The van der Waals surface area contributed by atoms with E-state index in [2.05, 4.69) is 17.0 Å². The molecule has 0 amide bonds. The van der Waals surface area contributed by atoms with Crippen molar-refractivity contribution < 1.29 is 13.9 Å². The van der Waals surface area contributed by atoms with E-state index < -0.39 is 11.8 Å². The van der Waals surface area contributed by atoms with Crippen molar-refractivity contribution in [1.82, 2.24) is 5.32 Å². The third kappa shape index (κ3) is 2.51. The zero-order valence-electron chi connectivity index (χ0n) is 10.2. The van der Waals surface area contributed by atoms with Gasteiger partial charge in [-0.25, -0.2) is 9.18 Å². The van der Waals surface area contributed by atoms with Gasteiger partial charge in [-0.2, -0.15) is 0 Å². The standard InChI is InChI=1S/C13H14FNO2S/c1-3-11-12(15-7-18-11)8-4-9(13(16)17-2)6-10(14)5-8/h4-6,15H,3,7H2,1-2H3. The van der Waals surface area contributed by atoms with Crippen molar-refractivity contribution in [2.24, 2.45) is 0 Å². The quantitative estimate of drug-likeness (QED) is 0.854. The van der Waals surface area contributed by atoms with E-state index in [0.717, 1.165) is 18.0 Å². The Morgan fingerprint density at radius 1 is 1.50 bits per heavy atom. The summed E-state index contributed by atoms with van der Waals surface area (Å²) >= 11 is 1.70. The Kier molecular flexibility index (Phi) is 3.91. The fraction of sp³-hybridized carbons (Fsp3) is 0.308. The second kappa shape index (κ2) is 5.44. The molecule has 1 aliphatic rings. The first-order valence-corrected chi connectivity index (χ1v) is 6.63. The summed E-state index contributed by atoms with van der Waals surface area (Å²) in [6, 6.07) is 4.26. The van der Waals surface area contributed by atoms with E-state index >= 15 is 0 Å². The van der Waals surface area contributed by atoms with Gasteiger partial charge in [-0.1, -0.05) is 6.92 Å². The number of thioether (sulfide) groups is 1. The molecule has 3 nitrogen and oxygen atoms in total. The number of nitrogens with one attached hydrogen (secondary N) is 1. The first-order chi connectivity index (χ1) is 8.65. The lowest BCUT2D eigenvalue weighted by Crippen LogP contribution is -2.08. The molecule has 1 aromatic carbocycles. The van der Waals surface area contributed by atoms with Crippen LogP contribution in [0.3, 0.4) is 0 Å². The second-order valence-electron chi connectivity index (χ2n) is 3.84. The first kappa shape index (κ1) is 13.0. The third-order valence-corrected chi connectivity index (χ3v) is 3.83. The molecule has 0 aliphatic carbocycles. The molecule has 0 saturated carbocycles. The summed E-state index contributed by atoms with van der Waals surface area (Å²) in [5, 5.41) is 3.21. The number of methoxy groups -OCH3 is 1. The number of esters is 1. The molecule has 0 spiro atoms. The summed E-state index contributed by atoms with van der Waals surface area (Å²) in [6.45, 7) is 2.05. The van der Waals surface area contributed by atoms with E-state index in [1.165, 1.54) is 24.1 Å². The van der Waals surface area contributed by atoms with Gasteiger partial charge in [-0.15, -0.1) is 11.8 Å². The summed E-state index contributed by atoms with van der Waals surface area (Å²) < 4.78 is 18.2. The van der Waals surface area contributed by atoms with Crippen molar-refractivity contribution in [2.45, 2.75) is 13.3 Å². The largest absolute Gasteiger partial charge is 0.465 e. The van der Waals surface area contributed by atoms with E-state index in [1.54, 1.807) is 17.8 Å². The van der Waals surface area contributed by atoms with Crippen LogP contribution in [0.4, 0.5) is 4.39 Å². The molecule has 0 atom stereocenters. The lowest BCUT2D eigenvalue weighted by atomic mass is 10.1. The van der Waals surface area contributed by atoms with Gasteiger partial charge in [-0.05, 0) is 24.6 Å². The van der Waals surface area contributed by atoms with Crippen molar-refractivity contribution in [3.05, 3.63) is 40.0 Å². The molecule has 0 bridgehead atoms. The number of ether oxygens (including phenoxy) is 1. The van der Waals surface area contributed by atoms with Crippen LogP contribution in [0.5, 0.6) is 0 Å². The first-order valence-electron chi connectivity index (χ1n) is 5.64. The SMILES string of the molecule is CCC1=C(c2cc(F)cc(C(=O)OC)c2)NCS1. The minimum absolute atomic E-state index is 0.231. The number of carbonyl (C=O) groups is 1. The number of allylic oxidation sites excluding steroid dienone is 1. The Morgan fingerprint density at radius 2 is 2.28 bits per heavy atom. The van der Waals surface area contributed by atoms with Crippen molar-refractivity contribution in [3.63, 3.8) is 0 Å². The fourth-order valence-corrected chi connectivity index (χ4v) is 2.81. The second-order valence-corrected chi connectivity index (χ2v) is 4.91. The Hall–Kier alpha value is -1.49. The minimum atomic E-state index is -0.528. The van der Waals surface area contributed by atoms with Crippen LogP contribution in [0.1, 0.15) is 29.3 Å². The van der Waals surface area contributed by atoms with Crippen LogP contribution >= 0.6 is 11.8 Å². The summed E-state index contributed by atoms with van der Waals surface area (Å²) in [4.78, 5) is 12.6. The van der Waals surface area contributed by atoms with Crippen LogP contribution in [0.2, 0.25) is 0 Å².